The fourth-order valence-corrected chi connectivity index (χ4v) is 5.35. The first-order valence-corrected chi connectivity index (χ1v) is 11.9. The first-order valence-electron chi connectivity index (χ1n) is 10.0. The number of hydrogen-bond donors (Lipinski definition) is 0. The molecule has 0 radical (unpaired) electrons. The number of anilines is 2. The van der Waals surface area contributed by atoms with Crippen LogP contribution in [0.5, 0.6) is 0 Å². The molecule has 12 heteroatoms. The number of nitrogens with zero attached hydrogens (tertiary/aromatic N) is 3. The number of sulfone groups is 1. The van der Waals surface area contributed by atoms with Gasteiger partial charge >= 0.3 is 11.5 Å². The van der Waals surface area contributed by atoms with E-state index in [0.717, 1.165) is 29.2 Å². The molecule has 1 saturated carbocycles. The van der Waals surface area contributed by atoms with Crippen molar-refractivity contribution in [2.75, 3.05) is 9.80 Å². The van der Waals surface area contributed by atoms with Crippen LogP contribution >= 0.6 is 11.6 Å². The summed E-state index contributed by atoms with van der Waals surface area (Å²) in [5.74, 6) is -0.718. The van der Waals surface area contributed by atoms with Gasteiger partial charge < -0.3 is 0 Å². The maximum Gasteiger partial charge on any atom is 0.501 e. The summed E-state index contributed by atoms with van der Waals surface area (Å²) in [6.45, 7) is 1.82. The van der Waals surface area contributed by atoms with Crippen molar-refractivity contribution in [1.82, 2.24) is 4.98 Å². The molecule has 2 fully saturated rings. The van der Waals surface area contributed by atoms with Crippen molar-refractivity contribution in [1.29, 1.82) is 0 Å². The van der Waals surface area contributed by atoms with Gasteiger partial charge in [0.15, 0.2) is 0 Å². The summed E-state index contributed by atoms with van der Waals surface area (Å²) >= 11 is 6.15. The van der Waals surface area contributed by atoms with Crippen LogP contribution in [0.15, 0.2) is 59.6 Å². The standard InChI is InChI=1S/C22H15ClF3N3O4S/c1-12-11-21(12)19(30)28(14-3-5-15(6-4-14)34(32,33)22(24,25)26)20(31)29(21)18-8-9-27-17-7-2-13(23)10-16(17)18/h2-10,12H,11H2,1H3. The minimum Gasteiger partial charge on any atom is -0.277 e. The number of imide groups is 1. The van der Waals surface area contributed by atoms with Gasteiger partial charge in [0.2, 0.25) is 0 Å². The van der Waals surface area contributed by atoms with E-state index in [1.165, 1.54) is 11.1 Å². The summed E-state index contributed by atoms with van der Waals surface area (Å²) in [6, 6.07) is 9.35. The molecule has 2 aliphatic rings. The lowest BCUT2D eigenvalue weighted by Crippen LogP contribution is -2.39. The lowest BCUT2D eigenvalue weighted by molar-refractivity contribution is -0.119. The van der Waals surface area contributed by atoms with E-state index in [4.69, 9.17) is 11.6 Å². The molecule has 2 aromatic carbocycles. The Kier molecular flexibility index (Phi) is 4.76. The molecule has 2 heterocycles. The van der Waals surface area contributed by atoms with Crippen molar-refractivity contribution in [3.63, 3.8) is 0 Å². The molecule has 0 N–H and O–H groups in total. The average Bonchev–Trinajstić information content (AvgIpc) is 3.39. The Morgan fingerprint density at radius 3 is 2.32 bits per heavy atom. The first kappa shape index (κ1) is 22.6. The second-order valence-corrected chi connectivity index (χ2v) is 10.6. The quantitative estimate of drug-likeness (QED) is 0.467. The fourth-order valence-electron chi connectivity index (χ4n) is 4.42. The minimum atomic E-state index is -5.56. The third-order valence-corrected chi connectivity index (χ3v) is 8.00. The monoisotopic (exact) mass is 509 g/mol. The van der Waals surface area contributed by atoms with E-state index < -0.39 is 37.7 Å². The maximum atomic E-state index is 13.6. The molecule has 2 atom stereocenters. The second-order valence-electron chi connectivity index (χ2n) is 8.22. The van der Waals surface area contributed by atoms with Crippen molar-refractivity contribution in [3.8, 4) is 0 Å². The Morgan fingerprint density at radius 2 is 1.74 bits per heavy atom. The van der Waals surface area contributed by atoms with Crippen molar-refractivity contribution >= 4 is 55.7 Å². The van der Waals surface area contributed by atoms with Crippen LogP contribution in [-0.2, 0) is 14.6 Å². The van der Waals surface area contributed by atoms with Crippen LogP contribution in [0.2, 0.25) is 5.02 Å². The predicted molar refractivity (Wildman–Crippen MR) is 118 cm³/mol. The van der Waals surface area contributed by atoms with E-state index in [1.807, 2.05) is 6.92 Å². The smallest absolute Gasteiger partial charge is 0.277 e. The van der Waals surface area contributed by atoms with E-state index in [2.05, 4.69) is 4.98 Å². The fraction of sp³-hybridized carbons (Fsp3) is 0.227. The molecule has 176 valence electrons. The third kappa shape index (κ3) is 3.03. The minimum absolute atomic E-state index is 0.0338. The Balaban J connectivity index is 1.60. The van der Waals surface area contributed by atoms with Gasteiger partial charge in [-0.1, -0.05) is 18.5 Å². The van der Waals surface area contributed by atoms with Crippen LogP contribution in [0, 0.1) is 5.92 Å². The zero-order valence-corrected chi connectivity index (χ0v) is 18.9. The number of halogens is 4. The zero-order chi connectivity index (χ0) is 24.6. The summed E-state index contributed by atoms with van der Waals surface area (Å²) in [6.07, 6.45) is 1.89. The van der Waals surface area contributed by atoms with Crippen LogP contribution in [-0.4, -0.2) is 36.4 Å². The SMILES string of the molecule is CC1CC12C(=O)N(c1ccc(S(=O)(=O)C(F)(F)F)cc1)C(=O)N2c1ccnc2ccc(Cl)cc12. The summed E-state index contributed by atoms with van der Waals surface area (Å²) in [4.78, 5) is 32.6. The van der Waals surface area contributed by atoms with Crippen LogP contribution < -0.4 is 9.80 Å². The highest BCUT2D eigenvalue weighted by atomic mass is 35.5. The Morgan fingerprint density at radius 1 is 1.09 bits per heavy atom. The van der Waals surface area contributed by atoms with Crippen molar-refractivity contribution in [3.05, 3.63) is 59.8 Å². The third-order valence-electron chi connectivity index (χ3n) is 6.26. The van der Waals surface area contributed by atoms with Crippen molar-refractivity contribution < 1.29 is 31.2 Å². The molecule has 1 aromatic heterocycles. The van der Waals surface area contributed by atoms with E-state index in [-0.39, 0.29) is 11.6 Å². The molecule has 1 aliphatic carbocycles. The van der Waals surface area contributed by atoms with Crippen molar-refractivity contribution in [2.45, 2.75) is 29.3 Å². The molecular formula is C22H15ClF3N3O4S. The molecule has 1 aliphatic heterocycles. The number of urea groups is 1. The molecule has 3 amide bonds. The topological polar surface area (TPSA) is 87.7 Å². The molecule has 1 spiro atoms. The predicted octanol–water partition coefficient (Wildman–Crippen LogP) is 4.93. The van der Waals surface area contributed by atoms with E-state index in [0.29, 0.717) is 28.0 Å². The number of aromatic nitrogens is 1. The van der Waals surface area contributed by atoms with Gasteiger partial charge in [0, 0.05) is 16.6 Å². The molecule has 34 heavy (non-hydrogen) atoms. The number of carbonyl (C=O) groups is 2. The normalized spacial score (nSPS) is 22.8. The van der Waals surface area contributed by atoms with Crippen LogP contribution in [0.3, 0.4) is 0 Å². The highest BCUT2D eigenvalue weighted by Gasteiger charge is 2.70. The highest BCUT2D eigenvalue weighted by molar-refractivity contribution is 7.92. The average molecular weight is 510 g/mol. The number of rotatable bonds is 3. The zero-order valence-electron chi connectivity index (χ0n) is 17.4. The van der Waals surface area contributed by atoms with Gasteiger partial charge in [-0.05, 0) is 60.9 Å². The number of benzene rings is 2. The number of pyridine rings is 1. The molecule has 5 rings (SSSR count). The number of hydrogen-bond acceptors (Lipinski definition) is 5. The van der Waals surface area contributed by atoms with Crippen molar-refractivity contribution in [2.24, 2.45) is 5.92 Å². The van der Waals surface area contributed by atoms with E-state index in [1.54, 1.807) is 24.3 Å². The Hall–Kier alpha value is -3.18. The summed E-state index contributed by atoms with van der Waals surface area (Å²) in [7, 11) is -5.56. The largest absolute Gasteiger partial charge is 0.501 e. The van der Waals surface area contributed by atoms with Gasteiger partial charge in [0.1, 0.15) is 5.54 Å². The number of amides is 3. The van der Waals surface area contributed by atoms with Gasteiger partial charge in [0.05, 0.1) is 21.8 Å². The molecule has 3 aromatic rings. The molecule has 1 saturated heterocycles. The van der Waals surface area contributed by atoms with Crippen LogP contribution in [0.25, 0.3) is 10.9 Å². The Labute approximate surface area is 196 Å². The lowest BCUT2D eigenvalue weighted by atomic mass is 10.1. The lowest BCUT2D eigenvalue weighted by Gasteiger charge is -2.23. The van der Waals surface area contributed by atoms with Crippen LogP contribution in [0.4, 0.5) is 29.3 Å². The van der Waals surface area contributed by atoms with Gasteiger partial charge in [-0.3, -0.25) is 14.7 Å². The van der Waals surface area contributed by atoms with Gasteiger partial charge in [-0.25, -0.2) is 18.1 Å². The number of alkyl halides is 3. The number of fused-ring (bicyclic) bond motifs is 1. The maximum absolute atomic E-state index is 13.6. The second kappa shape index (κ2) is 7.16. The summed E-state index contributed by atoms with van der Waals surface area (Å²) < 4.78 is 61.9. The summed E-state index contributed by atoms with van der Waals surface area (Å²) in [5, 5.41) is 0.971. The van der Waals surface area contributed by atoms with E-state index >= 15 is 0 Å². The summed E-state index contributed by atoms with van der Waals surface area (Å²) in [5.41, 5.74) is -5.68. The first-order chi connectivity index (χ1) is 15.9. The van der Waals surface area contributed by atoms with Gasteiger partial charge in [-0.15, -0.1) is 0 Å². The van der Waals surface area contributed by atoms with Gasteiger partial charge in [0.25, 0.3) is 15.7 Å². The molecule has 0 bridgehead atoms. The molecular weight excluding hydrogens is 495 g/mol. The number of carbonyl (C=O) groups excluding carboxylic acids is 2. The molecule has 7 nitrogen and oxygen atoms in total. The highest BCUT2D eigenvalue weighted by Crippen LogP contribution is 2.56. The van der Waals surface area contributed by atoms with E-state index in [9.17, 15) is 31.2 Å². The van der Waals surface area contributed by atoms with Gasteiger partial charge in [-0.2, -0.15) is 13.2 Å². The van der Waals surface area contributed by atoms with Crippen LogP contribution in [0.1, 0.15) is 13.3 Å². The Bertz CT molecular complexity index is 1480. The molecule has 2 unspecified atom stereocenters.